The third-order valence-corrected chi connectivity index (χ3v) is 1.99. The molecule has 0 unspecified atom stereocenters. The van der Waals surface area contributed by atoms with Gasteiger partial charge in [0.2, 0.25) is 0 Å². The molecule has 0 spiro atoms. The fourth-order valence-corrected chi connectivity index (χ4v) is 1.36. The van der Waals surface area contributed by atoms with Crippen LogP contribution in [-0.2, 0) is 6.42 Å². The fourth-order valence-electron chi connectivity index (χ4n) is 1.10. The van der Waals surface area contributed by atoms with E-state index < -0.39 is 0 Å². The molecule has 0 aromatic heterocycles. The minimum atomic E-state index is 0.143. The lowest BCUT2D eigenvalue weighted by atomic mass is 10.1. The fraction of sp³-hybridized carbons (Fsp3) is 0.400. The van der Waals surface area contributed by atoms with Gasteiger partial charge < -0.3 is 9.84 Å². The first-order valence-corrected chi connectivity index (χ1v) is 4.67. The second-order valence-corrected chi connectivity index (χ2v) is 3.08. The van der Waals surface area contributed by atoms with E-state index in [-0.39, 0.29) is 6.61 Å². The molecular formula is C10H13ClO2. The van der Waals surface area contributed by atoms with Gasteiger partial charge in [-0.3, -0.25) is 0 Å². The zero-order chi connectivity index (χ0) is 9.68. The van der Waals surface area contributed by atoms with Gasteiger partial charge in [-0.05, 0) is 31.0 Å². The Morgan fingerprint density at radius 3 is 2.77 bits per heavy atom. The van der Waals surface area contributed by atoms with Crippen molar-refractivity contribution in [3.8, 4) is 5.75 Å². The molecule has 1 aromatic rings. The minimum Gasteiger partial charge on any atom is -0.492 e. The molecule has 0 aliphatic rings. The summed E-state index contributed by atoms with van der Waals surface area (Å²) in [4.78, 5) is 0. The van der Waals surface area contributed by atoms with E-state index in [1.54, 1.807) is 0 Å². The van der Waals surface area contributed by atoms with Crippen LogP contribution >= 0.6 is 11.6 Å². The number of benzene rings is 1. The van der Waals surface area contributed by atoms with Gasteiger partial charge in [-0.2, -0.15) is 0 Å². The molecule has 0 atom stereocenters. The number of aliphatic hydroxyl groups excluding tert-OH is 1. The maximum absolute atomic E-state index is 8.71. The van der Waals surface area contributed by atoms with Crippen molar-refractivity contribution in [3.63, 3.8) is 0 Å². The van der Waals surface area contributed by atoms with Crippen LogP contribution < -0.4 is 4.74 Å². The average Bonchev–Trinajstić information content (AvgIpc) is 2.10. The van der Waals surface area contributed by atoms with Crippen LogP contribution in [-0.4, -0.2) is 18.3 Å². The van der Waals surface area contributed by atoms with E-state index in [4.69, 9.17) is 21.4 Å². The monoisotopic (exact) mass is 200 g/mol. The summed E-state index contributed by atoms with van der Waals surface area (Å²) in [7, 11) is 0. The molecule has 0 aliphatic heterocycles. The van der Waals surface area contributed by atoms with Crippen LogP contribution in [0.2, 0.25) is 5.02 Å². The largest absolute Gasteiger partial charge is 0.492 e. The highest BCUT2D eigenvalue weighted by Gasteiger charge is 2.01. The van der Waals surface area contributed by atoms with Crippen molar-refractivity contribution in [3.05, 3.63) is 28.8 Å². The molecule has 0 radical (unpaired) electrons. The summed E-state index contributed by atoms with van der Waals surface area (Å²) in [6, 6.07) is 5.56. The van der Waals surface area contributed by atoms with Crippen molar-refractivity contribution in [1.29, 1.82) is 0 Å². The lowest BCUT2D eigenvalue weighted by Gasteiger charge is -2.06. The smallest absolute Gasteiger partial charge is 0.137 e. The lowest BCUT2D eigenvalue weighted by molar-refractivity contribution is 0.299. The number of aliphatic hydroxyl groups is 1. The highest BCUT2D eigenvalue weighted by Crippen LogP contribution is 2.25. The summed E-state index contributed by atoms with van der Waals surface area (Å²) in [6.07, 6.45) is 0.631. The van der Waals surface area contributed by atoms with E-state index in [2.05, 4.69) is 0 Å². The highest BCUT2D eigenvalue weighted by molar-refractivity contribution is 6.32. The zero-order valence-corrected chi connectivity index (χ0v) is 8.34. The predicted molar refractivity (Wildman–Crippen MR) is 53.4 cm³/mol. The van der Waals surface area contributed by atoms with Crippen LogP contribution in [0.4, 0.5) is 0 Å². The molecule has 0 amide bonds. The van der Waals surface area contributed by atoms with Crippen LogP contribution in [0.5, 0.6) is 5.75 Å². The van der Waals surface area contributed by atoms with Gasteiger partial charge in [0.25, 0.3) is 0 Å². The Morgan fingerprint density at radius 1 is 1.46 bits per heavy atom. The first-order chi connectivity index (χ1) is 6.27. The maximum Gasteiger partial charge on any atom is 0.137 e. The average molecular weight is 201 g/mol. The van der Waals surface area contributed by atoms with Crippen LogP contribution in [0.3, 0.4) is 0 Å². The number of hydrogen-bond acceptors (Lipinski definition) is 2. The van der Waals surface area contributed by atoms with Gasteiger partial charge >= 0.3 is 0 Å². The summed E-state index contributed by atoms with van der Waals surface area (Å²) < 4.78 is 5.28. The second-order valence-electron chi connectivity index (χ2n) is 2.67. The van der Waals surface area contributed by atoms with E-state index >= 15 is 0 Å². The Bertz CT molecular complexity index is 274. The van der Waals surface area contributed by atoms with E-state index in [0.717, 1.165) is 5.56 Å². The molecule has 13 heavy (non-hydrogen) atoms. The topological polar surface area (TPSA) is 29.5 Å². The molecule has 1 rings (SSSR count). The zero-order valence-electron chi connectivity index (χ0n) is 7.59. The van der Waals surface area contributed by atoms with Crippen molar-refractivity contribution >= 4 is 11.6 Å². The van der Waals surface area contributed by atoms with Crippen molar-refractivity contribution in [1.82, 2.24) is 0 Å². The molecule has 72 valence electrons. The standard InChI is InChI=1S/C10H13ClO2/c1-2-13-10-4-3-8(5-6-12)7-9(10)11/h3-4,7,12H,2,5-6H2,1H3. The number of ether oxygens (including phenoxy) is 1. The SMILES string of the molecule is CCOc1ccc(CCO)cc1Cl. The molecule has 0 saturated carbocycles. The molecule has 1 N–H and O–H groups in total. The first kappa shape index (κ1) is 10.4. The maximum atomic E-state index is 8.71. The van der Waals surface area contributed by atoms with Gasteiger partial charge in [0, 0.05) is 6.61 Å². The minimum absolute atomic E-state index is 0.143. The number of rotatable bonds is 4. The highest BCUT2D eigenvalue weighted by atomic mass is 35.5. The van der Waals surface area contributed by atoms with E-state index in [1.807, 2.05) is 25.1 Å². The molecule has 0 fully saturated rings. The molecule has 1 aromatic carbocycles. The molecule has 0 heterocycles. The summed E-state index contributed by atoms with van der Waals surface area (Å²) in [5, 5.41) is 9.31. The third kappa shape index (κ3) is 2.90. The Kier molecular flexibility index (Phi) is 4.06. The molecule has 0 bridgehead atoms. The first-order valence-electron chi connectivity index (χ1n) is 4.30. The summed E-state index contributed by atoms with van der Waals surface area (Å²) in [6.45, 7) is 2.67. The third-order valence-electron chi connectivity index (χ3n) is 1.70. The number of halogens is 1. The van der Waals surface area contributed by atoms with Crippen molar-refractivity contribution in [2.75, 3.05) is 13.2 Å². The molecular weight excluding hydrogens is 188 g/mol. The predicted octanol–water partition coefficient (Wildman–Crippen LogP) is 2.27. The van der Waals surface area contributed by atoms with E-state index in [0.29, 0.717) is 23.8 Å². The Hall–Kier alpha value is -0.730. The van der Waals surface area contributed by atoms with Gasteiger partial charge in [0.15, 0.2) is 0 Å². The van der Waals surface area contributed by atoms with Crippen molar-refractivity contribution in [2.45, 2.75) is 13.3 Å². The van der Waals surface area contributed by atoms with Gasteiger partial charge in [0.1, 0.15) is 5.75 Å². The van der Waals surface area contributed by atoms with Crippen molar-refractivity contribution < 1.29 is 9.84 Å². The normalized spacial score (nSPS) is 10.1. The summed E-state index contributed by atoms with van der Waals surface area (Å²) >= 11 is 5.94. The summed E-state index contributed by atoms with van der Waals surface area (Å²) in [5.41, 5.74) is 1.02. The van der Waals surface area contributed by atoms with Gasteiger partial charge in [0.05, 0.1) is 11.6 Å². The molecule has 3 heteroatoms. The molecule has 0 aliphatic carbocycles. The lowest BCUT2D eigenvalue weighted by Crippen LogP contribution is -1.94. The Morgan fingerprint density at radius 2 is 2.23 bits per heavy atom. The van der Waals surface area contributed by atoms with Gasteiger partial charge in [-0.15, -0.1) is 0 Å². The van der Waals surface area contributed by atoms with Crippen LogP contribution in [0.1, 0.15) is 12.5 Å². The van der Waals surface area contributed by atoms with Gasteiger partial charge in [-0.1, -0.05) is 17.7 Å². The molecule has 0 saturated heterocycles. The second kappa shape index (κ2) is 5.10. The molecule has 2 nitrogen and oxygen atoms in total. The van der Waals surface area contributed by atoms with Crippen molar-refractivity contribution in [2.24, 2.45) is 0 Å². The summed E-state index contributed by atoms with van der Waals surface area (Å²) in [5.74, 6) is 0.700. The van der Waals surface area contributed by atoms with E-state index in [9.17, 15) is 0 Å². The van der Waals surface area contributed by atoms with E-state index in [1.165, 1.54) is 0 Å². The van der Waals surface area contributed by atoms with Crippen LogP contribution in [0.25, 0.3) is 0 Å². The Balaban J connectivity index is 2.79. The van der Waals surface area contributed by atoms with Crippen LogP contribution in [0.15, 0.2) is 18.2 Å². The Labute approximate surface area is 83.1 Å². The van der Waals surface area contributed by atoms with Gasteiger partial charge in [-0.25, -0.2) is 0 Å². The quantitative estimate of drug-likeness (QED) is 0.808. The number of hydrogen-bond donors (Lipinski definition) is 1. The van der Waals surface area contributed by atoms with Crippen LogP contribution in [0, 0.1) is 0 Å².